The number of hydrogen-bond donors (Lipinski definition) is 2. The number of benzene rings is 1. The number of aryl methyl sites for hydroxylation is 2. The summed E-state index contributed by atoms with van der Waals surface area (Å²) in [4.78, 5) is 47.2. The highest BCUT2D eigenvalue weighted by Crippen LogP contribution is 2.39. The molecule has 1 saturated carbocycles. The van der Waals surface area contributed by atoms with Crippen molar-refractivity contribution in [3.8, 4) is 0 Å². The molecular formula is C24H29N5O3. The van der Waals surface area contributed by atoms with Gasteiger partial charge in [-0.15, -0.1) is 0 Å². The van der Waals surface area contributed by atoms with Gasteiger partial charge in [-0.05, 0) is 51.3 Å². The van der Waals surface area contributed by atoms with Crippen LogP contribution in [0.2, 0.25) is 0 Å². The molecule has 0 aliphatic heterocycles. The second kappa shape index (κ2) is 8.98. The van der Waals surface area contributed by atoms with Crippen LogP contribution >= 0.6 is 0 Å². The van der Waals surface area contributed by atoms with Crippen LogP contribution in [-0.4, -0.2) is 40.1 Å². The first kappa shape index (κ1) is 21.8. The zero-order valence-corrected chi connectivity index (χ0v) is 18.8. The maximum Gasteiger partial charge on any atom is 0.329 e. The SMILES string of the molecule is CCN(CCNC(=O)c1cc(C2CC2)nc2c1c(=O)[nH]c(=O)n2CC)c1ccccc1C. The Kier molecular flexibility index (Phi) is 6.12. The average molecular weight is 436 g/mol. The summed E-state index contributed by atoms with van der Waals surface area (Å²) >= 11 is 0. The lowest BCUT2D eigenvalue weighted by Gasteiger charge is -2.25. The molecule has 8 nitrogen and oxygen atoms in total. The Balaban J connectivity index is 1.63. The molecule has 0 spiro atoms. The fourth-order valence-electron chi connectivity index (χ4n) is 4.12. The van der Waals surface area contributed by atoms with Gasteiger partial charge in [0.25, 0.3) is 11.5 Å². The highest BCUT2D eigenvalue weighted by molar-refractivity contribution is 6.05. The van der Waals surface area contributed by atoms with Crippen molar-refractivity contribution in [1.29, 1.82) is 0 Å². The maximum absolute atomic E-state index is 13.2. The third-order valence-electron chi connectivity index (χ3n) is 6.03. The van der Waals surface area contributed by atoms with Crippen LogP contribution in [0.5, 0.6) is 0 Å². The second-order valence-electron chi connectivity index (χ2n) is 8.19. The van der Waals surface area contributed by atoms with E-state index in [4.69, 9.17) is 0 Å². The van der Waals surface area contributed by atoms with E-state index < -0.39 is 11.2 Å². The minimum atomic E-state index is -0.579. The number of H-pyrrole nitrogens is 1. The maximum atomic E-state index is 13.2. The first-order valence-electron chi connectivity index (χ1n) is 11.2. The van der Waals surface area contributed by atoms with Gasteiger partial charge in [-0.1, -0.05) is 18.2 Å². The van der Waals surface area contributed by atoms with Crippen LogP contribution in [0, 0.1) is 6.92 Å². The molecule has 3 aromatic rings. The number of carbonyl (C=O) groups excluding carboxylic acids is 1. The number of rotatable bonds is 8. The number of aromatic amines is 1. The Labute approximate surface area is 186 Å². The number of hydrogen-bond acceptors (Lipinski definition) is 5. The second-order valence-corrected chi connectivity index (χ2v) is 8.19. The van der Waals surface area contributed by atoms with Crippen LogP contribution in [0.15, 0.2) is 39.9 Å². The van der Waals surface area contributed by atoms with E-state index in [1.54, 1.807) is 6.07 Å². The van der Waals surface area contributed by atoms with Gasteiger partial charge in [-0.25, -0.2) is 9.78 Å². The number of carbonyl (C=O) groups is 1. The van der Waals surface area contributed by atoms with Crippen molar-refractivity contribution in [2.75, 3.05) is 24.5 Å². The Morgan fingerprint density at radius 2 is 2.00 bits per heavy atom. The van der Waals surface area contributed by atoms with Crippen LogP contribution in [0.1, 0.15) is 54.2 Å². The van der Waals surface area contributed by atoms with Crippen molar-refractivity contribution in [2.45, 2.75) is 46.1 Å². The number of nitrogens with one attached hydrogen (secondary N) is 2. The zero-order valence-electron chi connectivity index (χ0n) is 18.8. The van der Waals surface area contributed by atoms with E-state index in [-0.39, 0.29) is 28.4 Å². The summed E-state index contributed by atoms with van der Waals surface area (Å²) in [7, 11) is 0. The standard InChI is InChI=1S/C24H29N5O3/c1-4-28(19-9-7-6-8-15(19)3)13-12-25-22(30)17-14-18(16-10-11-16)26-21-20(17)23(31)27-24(32)29(21)5-2/h6-9,14,16H,4-5,10-13H2,1-3H3,(H,25,30)(H,27,31,32). The molecule has 0 radical (unpaired) electrons. The molecule has 1 aromatic carbocycles. The quantitative estimate of drug-likeness (QED) is 0.566. The van der Waals surface area contributed by atoms with Gasteiger partial charge in [0.15, 0.2) is 5.65 Å². The van der Waals surface area contributed by atoms with Gasteiger partial charge in [0, 0.05) is 43.5 Å². The lowest BCUT2D eigenvalue weighted by Crippen LogP contribution is -2.36. The molecule has 2 N–H and O–H groups in total. The normalized spacial score (nSPS) is 13.3. The van der Waals surface area contributed by atoms with Gasteiger partial charge >= 0.3 is 5.69 Å². The monoisotopic (exact) mass is 435 g/mol. The number of likely N-dealkylation sites (N-methyl/N-ethyl adjacent to an activating group) is 1. The number of aromatic nitrogens is 3. The van der Waals surface area contributed by atoms with Gasteiger partial charge in [-0.2, -0.15) is 0 Å². The highest BCUT2D eigenvalue weighted by atomic mass is 16.2. The largest absolute Gasteiger partial charge is 0.370 e. The number of nitrogens with zero attached hydrogens (tertiary/aromatic N) is 3. The highest BCUT2D eigenvalue weighted by Gasteiger charge is 2.28. The minimum Gasteiger partial charge on any atom is -0.370 e. The Bertz CT molecular complexity index is 1270. The summed E-state index contributed by atoms with van der Waals surface area (Å²) in [5, 5.41) is 3.13. The fraction of sp³-hybridized carbons (Fsp3) is 0.417. The molecule has 0 unspecified atom stereocenters. The topological polar surface area (TPSA) is 100 Å². The smallest absolute Gasteiger partial charge is 0.329 e. The van der Waals surface area contributed by atoms with E-state index in [1.165, 1.54) is 10.1 Å². The molecule has 0 saturated heterocycles. The van der Waals surface area contributed by atoms with Gasteiger partial charge in [0.05, 0.1) is 10.9 Å². The van der Waals surface area contributed by atoms with Crippen molar-refractivity contribution in [2.24, 2.45) is 0 Å². The lowest BCUT2D eigenvalue weighted by molar-refractivity contribution is 0.0956. The summed E-state index contributed by atoms with van der Waals surface area (Å²) in [5.41, 5.74) is 2.56. The van der Waals surface area contributed by atoms with E-state index in [0.29, 0.717) is 19.6 Å². The number of anilines is 1. The van der Waals surface area contributed by atoms with Gasteiger partial charge in [0.1, 0.15) is 0 Å². The summed E-state index contributed by atoms with van der Waals surface area (Å²) in [6.45, 7) is 8.20. The first-order valence-corrected chi connectivity index (χ1v) is 11.2. The predicted octanol–water partition coefficient (Wildman–Crippen LogP) is 2.55. The van der Waals surface area contributed by atoms with Gasteiger partial charge in [-0.3, -0.25) is 19.1 Å². The molecule has 168 valence electrons. The summed E-state index contributed by atoms with van der Waals surface area (Å²) < 4.78 is 1.41. The summed E-state index contributed by atoms with van der Waals surface area (Å²) in [5.74, 6) is -0.0470. The fourth-order valence-corrected chi connectivity index (χ4v) is 4.12. The van der Waals surface area contributed by atoms with Gasteiger partial charge < -0.3 is 10.2 Å². The molecule has 0 bridgehead atoms. The van der Waals surface area contributed by atoms with Crippen LogP contribution in [0.3, 0.4) is 0 Å². The van der Waals surface area contributed by atoms with E-state index in [1.807, 2.05) is 19.1 Å². The van der Waals surface area contributed by atoms with Crippen molar-refractivity contribution >= 4 is 22.6 Å². The molecule has 8 heteroatoms. The van der Waals surface area contributed by atoms with Crippen LogP contribution in [0.4, 0.5) is 5.69 Å². The van der Waals surface area contributed by atoms with E-state index in [0.717, 1.165) is 30.8 Å². The molecule has 32 heavy (non-hydrogen) atoms. The van der Waals surface area contributed by atoms with Crippen molar-refractivity contribution in [3.63, 3.8) is 0 Å². The Hall–Kier alpha value is -3.42. The predicted molar refractivity (Wildman–Crippen MR) is 126 cm³/mol. The zero-order chi connectivity index (χ0) is 22.8. The molecule has 0 atom stereocenters. The molecule has 1 aliphatic rings. The third-order valence-corrected chi connectivity index (χ3v) is 6.03. The van der Waals surface area contributed by atoms with E-state index >= 15 is 0 Å². The molecule has 1 aliphatic carbocycles. The molecule has 1 fully saturated rings. The summed E-state index contributed by atoms with van der Waals surface area (Å²) in [6, 6.07) is 9.87. The molecule has 1 amide bonds. The molecule has 2 aromatic heterocycles. The molecule has 2 heterocycles. The Morgan fingerprint density at radius 3 is 2.66 bits per heavy atom. The third kappa shape index (κ3) is 4.17. The van der Waals surface area contributed by atoms with Gasteiger partial charge in [0.2, 0.25) is 0 Å². The number of fused-ring (bicyclic) bond motifs is 1. The summed E-state index contributed by atoms with van der Waals surface area (Å²) in [6.07, 6.45) is 2.00. The van der Waals surface area contributed by atoms with Crippen LogP contribution in [-0.2, 0) is 6.54 Å². The van der Waals surface area contributed by atoms with Crippen LogP contribution < -0.4 is 21.5 Å². The number of pyridine rings is 1. The first-order chi connectivity index (χ1) is 15.4. The number of amides is 1. The number of para-hydroxylation sites is 1. The van der Waals surface area contributed by atoms with Crippen molar-refractivity contribution in [3.05, 3.63) is 68.0 Å². The van der Waals surface area contributed by atoms with E-state index in [2.05, 4.69) is 46.2 Å². The molecular weight excluding hydrogens is 406 g/mol. The van der Waals surface area contributed by atoms with E-state index in [9.17, 15) is 14.4 Å². The van der Waals surface area contributed by atoms with Crippen LogP contribution in [0.25, 0.3) is 11.0 Å². The van der Waals surface area contributed by atoms with Crippen molar-refractivity contribution < 1.29 is 4.79 Å². The average Bonchev–Trinajstić information content (AvgIpc) is 3.62. The minimum absolute atomic E-state index is 0.166. The molecule has 4 rings (SSSR count). The lowest BCUT2D eigenvalue weighted by atomic mass is 10.1. The Morgan fingerprint density at radius 1 is 1.25 bits per heavy atom. The van der Waals surface area contributed by atoms with Crippen molar-refractivity contribution in [1.82, 2.24) is 19.9 Å².